The maximum Gasteiger partial charge on any atom is 0.145 e. The Balaban J connectivity index is 2.41. The van der Waals surface area contributed by atoms with Crippen LogP contribution in [0.1, 0.15) is 5.56 Å². The molecule has 4 nitrogen and oxygen atoms in total. The normalized spacial score (nSPS) is 10.2. The Morgan fingerprint density at radius 3 is 3.00 bits per heavy atom. The maximum atomic E-state index is 5.29. The first-order chi connectivity index (χ1) is 8.35. The molecule has 2 aromatic rings. The Morgan fingerprint density at radius 1 is 1.35 bits per heavy atom. The van der Waals surface area contributed by atoms with Gasteiger partial charge < -0.3 is 10.1 Å². The molecule has 4 heteroatoms. The molecule has 2 rings (SSSR count). The number of nitrogens with zero attached hydrogens (tertiary/aromatic N) is 2. The van der Waals surface area contributed by atoms with Crippen LogP contribution in [0.2, 0.25) is 0 Å². The van der Waals surface area contributed by atoms with E-state index in [-0.39, 0.29) is 0 Å². The van der Waals surface area contributed by atoms with Crippen LogP contribution in [-0.4, -0.2) is 24.1 Å². The first kappa shape index (κ1) is 11.5. The number of hydrogen-bond donors (Lipinski definition) is 1. The largest absolute Gasteiger partial charge is 0.494 e. The third-order valence-corrected chi connectivity index (χ3v) is 2.44. The number of pyridine rings is 2. The minimum atomic E-state index is 0.760. The molecule has 0 saturated carbocycles. The van der Waals surface area contributed by atoms with E-state index in [4.69, 9.17) is 4.74 Å². The van der Waals surface area contributed by atoms with Gasteiger partial charge in [-0.2, -0.15) is 0 Å². The highest BCUT2D eigenvalue weighted by Gasteiger charge is 2.07. The Hall–Kier alpha value is -1.94. The topological polar surface area (TPSA) is 47.0 Å². The van der Waals surface area contributed by atoms with Crippen LogP contribution in [0.15, 0.2) is 36.8 Å². The minimum Gasteiger partial charge on any atom is -0.494 e. The summed E-state index contributed by atoms with van der Waals surface area (Å²) < 4.78 is 5.29. The summed E-state index contributed by atoms with van der Waals surface area (Å²) in [6.45, 7) is 0.788. The van der Waals surface area contributed by atoms with Crippen molar-refractivity contribution in [1.82, 2.24) is 15.3 Å². The molecular weight excluding hydrogens is 214 g/mol. The van der Waals surface area contributed by atoms with Crippen LogP contribution in [0, 0.1) is 0 Å². The highest BCUT2D eigenvalue weighted by Crippen LogP contribution is 2.26. The number of hydrogen-bond acceptors (Lipinski definition) is 4. The van der Waals surface area contributed by atoms with Gasteiger partial charge in [0.15, 0.2) is 0 Å². The minimum absolute atomic E-state index is 0.760. The molecule has 2 aromatic heterocycles. The Bertz CT molecular complexity index is 500. The predicted octanol–water partition coefficient (Wildman–Crippen LogP) is 1.87. The molecule has 1 N–H and O–H groups in total. The van der Waals surface area contributed by atoms with Crippen LogP contribution in [-0.2, 0) is 6.54 Å². The van der Waals surface area contributed by atoms with Gasteiger partial charge in [-0.1, -0.05) is 0 Å². The fraction of sp³-hybridized carbons (Fsp3) is 0.231. The van der Waals surface area contributed by atoms with Crippen molar-refractivity contribution in [3.8, 4) is 17.0 Å². The number of rotatable bonds is 4. The second-order valence-corrected chi connectivity index (χ2v) is 3.67. The lowest BCUT2D eigenvalue weighted by Gasteiger charge is -2.08. The van der Waals surface area contributed by atoms with E-state index in [2.05, 4.69) is 21.4 Å². The fourth-order valence-electron chi connectivity index (χ4n) is 1.69. The van der Waals surface area contributed by atoms with Gasteiger partial charge >= 0.3 is 0 Å². The zero-order chi connectivity index (χ0) is 12.1. The summed E-state index contributed by atoms with van der Waals surface area (Å²) in [6, 6.07) is 5.81. The van der Waals surface area contributed by atoms with Crippen LogP contribution in [0.3, 0.4) is 0 Å². The van der Waals surface area contributed by atoms with Gasteiger partial charge in [0, 0.05) is 30.7 Å². The van der Waals surface area contributed by atoms with Gasteiger partial charge in [-0.05, 0) is 30.8 Å². The van der Waals surface area contributed by atoms with E-state index in [0.717, 1.165) is 29.1 Å². The number of nitrogens with one attached hydrogen (secondary N) is 1. The van der Waals surface area contributed by atoms with Gasteiger partial charge in [0.05, 0.1) is 7.11 Å². The highest BCUT2D eigenvalue weighted by atomic mass is 16.5. The number of methoxy groups -OCH3 is 1. The van der Waals surface area contributed by atoms with E-state index in [0.29, 0.717) is 0 Å². The zero-order valence-electron chi connectivity index (χ0n) is 9.97. The predicted molar refractivity (Wildman–Crippen MR) is 66.8 cm³/mol. The molecule has 0 unspecified atom stereocenters. The van der Waals surface area contributed by atoms with Gasteiger partial charge in [0.25, 0.3) is 0 Å². The summed E-state index contributed by atoms with van der Waals surface area (Å²) >= 11 is 0. The molecule has 0 aliphatic carbocycles. The average molecular weight is 229 g/mol. The van der Waals surface area contributed by atoms with E-state index in [1.54, 1.807) is 19.5 Å². The molecule has 0 bridgehead atoms. The van der Waals surface area contributed by atoms with Crippen molar-refractivity contribution >= 4 is 0 Å². The second kappa shape index (κ2) is 5.41. The lowest BCUT2D eigenvalue weighted by molar-refractivity contribution is 0.415. The molecule has 0 atom stereocenters. The Morgan fingerprint density at radius 2 is 2.24 bits per heavy atom. The lowest BCUT2D eigenvalue weighted by atomic mass is 10.1. The third kappa shape index (κ3) is 2.60. The first-order valence-electron chi connectivity index (χ1n) is 5.43. The van der Waals surface area contributed by atoms with E-state index in [1.807, 2.05) is 25.4 Å². The molecule has 2 heterocycles. The van der Waals surface area contributed by atoms with Gasteiger partial charge in [-0.15, -0.1) is 0 Å². The third-order valence-electron chi connectivity index (χ3n) is 2.44. The number of ether oxygens (including phenoxy) is 1. The van der Waals surface area contributed by atoms with Crippen molar-refractivity contribution in [2.24, 2.45) is 0 Å². The lowest BCUT2D eigenvalue weighted by Crippen LogP contribution is -2.05. The van der Waals surface area contributed by atoms with Crippen molar-refractivity contribution in [1.29, 1.82) is 0 Å². The molecule has 0 aromatic carbocycles. The molecule has 0 aliphatic heterocycles. The van der Waals surface area contributed by atoms with E-state index in [9.17, 15) is 0 Å². The van der Waals surface area contributed by atoms with E-state index >= 15 is 0 Å². The van der Waals surface area contributed by atoms with Crippen LogP contribution in [0.5, 0.6) is 5.75 Å². The van der Waals surface area contributed by atoms with Gasteiger partial charge in [-0.3, -0.25) is 9.97 Å². The van der Waals surface area contributed by atoms with Crippen molar-refractivity contribution in [3.63, 3.8) is 0 Å². The summed E-state index contributed by atoms with van der Waals surface area (Å²) in [5, 5.41) is 3.10. The van der Waals surface area contributed by atoms with Gasteiger partial charge in [0.2, 0.25) is 0 Å². The maximum absolute atomic E-state index is 5.29. The van der Waals surface area contributed by atoms with Gasteiger partial charge in [-0.25, -0.2) is 0 Å². The summed E-state index contributed by atoms with van der Waals surface area (Å²) in [7, 11) is 3.55. The van der Waals surface area contributed by atoms with Crippen molar-refractivity contribution in [2.75, 3.05) is 14.2 Å². The first-order valence-corrected chi connectivity index (χ1v) is 5.43. The van der Waals surface area contributed by atoms with Crippen molar-refractivity contribution < 1.29 is 4.74 Å². The Kier molecular flexibility index (Phi) is 3.67. The number of aromatic nitrogens is 2. The Labute approximate surface area is 101 Å². The van der Waals surface area contributed by atoms with Crippen LogP contribution in [0.25, 0.3) is 11.3 Å². The summed E-state index contributed by atoms with van der Waals surface area (Å²) in [4.78, 5) is 8.56. The molecule has 0 amide bonds. The zero-order valence-corrected chi connectivity index (χ0v) is 9.97. The monoisotopic (exact) mass is 229 g/mol. The molecular formula is C13H15N3O. The standard InChI is InChI=1S/C13H15N3O/c1-14-7-10-6-11(9-15-8-10)13-12(17-2)4-3-5-16-13/h3-6,8-9,14H,7H2,1-2H3. The van der Waals surface area contributed by atoms with Crippen LogP contribution >= 0.6 is 0 Å². The fourth-order valence-corrected chi connectivity index (χ4v) is 1.69. The summed E-state index contributed by atoms with van der Waals surface area (Å²) in [6.07, 6.45) is 5.39. The molecule has 0 spiro atoms. The quantitative estimate of drug-likeness (QED) is 0.869. The average Bonchev–Trinajstić information content (AvgIpc) is 2.39. The SMILES string of the molecule is CNCc1cncc(-c2ncccc2OC)c1. The highest BCUT2D eigenvalue weighted by molar-refractivity contribution is 5.65. The molecule has 0 fully saturated rings. The van der Waals surface area contributed by atoms with Crippen molar-refractivity contribution in [2.45, 2.75) is 6.54 Å². The van der Waals surface area contributed by atoms with E-state index in [1.165, 1.54) is 0 Å². The molecule has 0 saturated heterocycles. The second-order valence-electron chi connectivity index (χ2n) is 3.67. The molecule has 0 radical (unpaired) electrons. The molecule has 0 aliphatic rings. The summed E-state index contributed by atoms with van der Waals surface area (Å²) in [5.74, 6) is 0.760. The molecule has 17 heavy (non-hydrogen) atoms. The molecule has 88 valence electrons. The van der Waals surface area contributed by atoms with Gasteiger partial charge in [0.1, 0.15) is 11.4 Å². The summed E-state index contributed by atoms with van der Waals surface area (Å²) in [5.41, 5.74) is 2.91. The van der Waals surface area contributed by atoms with Crippen molar-refractivity contribution in [3.05, 3.63) is 42.4 Å². The van der Waals surface area contributed by atoms with E-state index < -0.39 is 0 Å². The smallest absolute Gasteiger partial charge is 0.145 e. The van der Waals surface area contributed by atoms with Crippen LogP contribution < -0.4 is 10.1 Å². The van der Waals surface area contributed by atoms with Crippen LogP contribution in [0.4, 0.5) is 0 Å².